The number of quaternary nitrogens is 1. The number of nitrogens with one attached hydrogen (secondary N) is 2. The first-order valence-electron chi connectivity index (χ1n) is 8.66. The molecule has 0 bridgehead atoms. The number of esters is 1. The van der Waals surface area contributed by atoms with Gasteiger partial charge < -0.3 is 15.0 Å². The summed E-state index contributed by atoms with van der Waals surface area (Å²) in [6.45, 7) is 3.34. The molecule has 0 radical (unpaired) electrons. The molecule has 26 heavy (non-hydrogen) atoms. The molecule has 140 valence electrons. The number of ether oxygens (including phenoxy) is 1. The zero-order valence-electron chi connectivity index (χ0n) is 14.8. The van der Waals surface area contributed by atoms with E-state index < -0.39 is 11.9 Å². The topological polar surface area (TPSA) is 97.2 Å². The van der Waals surface area contributed by atoms with Gasteiger partial charge in [-0.25, -0.2) is 4.79 Å². The minimum Gasteiger partial charge on any atom is -0.462 e. The van der Waals surface area contributed by atoms with Crippen molar-refractivity contribution < 1.29 is 28.8 Å². The van der Waals surface area contributed by atoms with E-state index in [2.05, 4.69) is 12.4 Å². The quantitative estimate of drug-likeness (QED) is 0.534. The lowest BCUT2D eigenvalue weighted by Crippen LogP contribution is -3.08. The first kappa shape index (κ1) is 18.5. The smallest absolute Gasteiger partial charge is 0.341 e. The molecule has 8 nitrogen and oxygen atoms in total. The summed E-state index contributed by atoms with van der Waals surface area (Å²) in [7, 11) is 2.08. The lowest BCUT2D eigenvalue weighted by atomic mass is 10.0. The summed E-state index contributed by atoms with van der Waals surface area (Å²) in [6.07, 6.45) is 1.02. The van der Waals surface area contributed by atoms with Crippen molar-refractivity contribution in [1.29, 1.82) is 0 Å². The predicted molar refractivity (Wildman–Crippen MR) is 94.0 cm³/mol. The van der Waals surface area contributed by atoms with Crippen LogP contribution in [0.15, 0.2) is 0 Å². The van der Waals surface area contributed by atoms with Crippen LogP contribution in [0.5, 0.6) is 0 Å². The highest BCUT2D eigenvalue weighted by molar-refractivity contribution is 7.17. The van der Waals surface area contributed by atoms with Crippen molar-refractivity contribution in [2.24, 2.45) is 0 Å². The zero-order valence-corrected chi connectivity index (χ0v) is 15.7. The maximum atomic E-state index is 12.4. The van der Waals surface area contributed by atoms with Crippen LogP contribution in [0.4, 0.5) is 5.00 Å². The predicted octanol–water partition coefficient (Wildman–Crippen LogP) is -0.417. The number of fused-ring (bicyclic) bond motifs is 1. The number of likely N-dealkylation sites (N-methyl/N-ethyl adjacent to an activating group) is 1. The minimum atomic E-state index is -0.488. The van der Waals surface area contributed by atoms with Gasteiger partial charge in [-0.15, -0.1) is 11.3 Å². The molecule has 9 heteroatoms. The Morgan fingerprint density at radius 1 is 1.23 bits per heavy atom. The number of carbonyl (C=O) groups excluding carboxylic acids is 4. The largest absolute Gasteiger partial charge is 0.462 e. The molecular weight excluding hydrogens is 358 g/mol. The van der Waals surface area contributed by atoms with E-state index in [0.29, 0.717) is 10.6 Å². The van der Waals surface area contributed by atoms with Gasteiger partial charge >= 0.3 is 5.97 Å². The number of rotatable bonds is 5. The number of anilines is 1. The van der Waals surface area contributed by atoms with E-state index in [9.17, 15) is 19.2 Å². The van der Waals surface area contributed by atoms with Crippen LogP contribution in [-0.4, -0.2) is 55.3 Å². The van der Waals surface area contributed by atoms with Crippen molar-refractivity contribution >= 4 is 40.0 Å². The monoisotopic (exact) mass is 380 g/mol. The summed E-state index contributed by atoms with van der Waals surface area (Å²) in [6, 6.07) is 0. The number of hydrogen-bond acceptors (Lipinski definition) is 6. The van der Waals surface area contributed by atoms with Gasteiger partial charge in [0.2, 0.25) is 17.7 Å². The number of nitrogens with zero attached hydrogens (tertiary/aromatic N) is 1. The average Bonchev–Trinajstić information content (AvgIpc) is 3.08. The Morgan fingerprint density at radius 3 is 2.58 bits per heavy atom. The van der Waals surface area contributed by atoms with Crippen LogP contribution < -0.4 is 10.2 Å². The molecule has 1 fully saturated rings. The highest BCUT2D eigenvalue weighted by Crippen LogP contribution is 2.35. The molecular formula is C17H22N3O5S+. The van der Waals surface area contributed by atoms with Crippen LogP contribution in [0.3, 0.4) is 0 Å². The maximum absolute atomic E-state index is 12.4. The number of likely N-dealkylation sites (tertiary alicyclic amines) is 1. The molecule has 1 aromatic rings. The number of hydrogen-bond donors (Lipinski definition) is 2. The molecule has 3 heterocycles. The first-order valence-corrected chi connectivity index (χ1v) is 9.48. The summed E-state index contributed by atoms with van der Waals surface area (Å²) in [5, 5.41) is 3.15. The Hall–Kier alpha value is -2.26. The van der Waals surface area contributed by atoms with E-state index in [4.69, 9.17) is 4.74 Å². The van der Waals surface area contributed by atoms with Crippen molar-refractivity contribution in [2.75, 3.05) is 32.1 Å². The molecule has 1 unspecified atom stereocenters. The molecule has 0 aliphatic carbocycles. The van der Waals surface area contributed by atoms with E-state index in [0.717, 1.165) is 34.9 Å². The molecule has 1 aromatic heterocycles. The SMILES string of the molecule is CCOC(=O)c1c(NC(=O)CN2C(=O)CCC2=O)sc2c1CC[NH+](C)C2. The minimum absolute atomic E-state index is 0.141. The molecule has 0 saturated carbocycles. The summed E-state index contributed by atoms with van der Waals surface area (Å²) < 4.78 is 5.16. The lowest BCUT2D eigenvalue weighted by Gasteiger charge is -2.19. The Bertz CT molecular complexity index is 757. The van der Waals surface area contributed by atoms with Gasteiger partial charge in [-0.05, 0) is 12.5 Å². The summed E-state index contributed by atoms with van der Waals surface area (Å²) in [5.41, 5.74) is 1.34. The molecule has 3 rings (SSSR count). The highest BCUT2D eigenvalue weighted by atomic mass is 32.1. The van der Waals surface area contributed by atoms with Gasteiger partial charge in [0.05, 0.1) is 30.6 Å². The fraction of sp³-hybridized carbons (Fsp3) is 0.529. The van der Waals surface area contributed by atoms with Crippen molar-refractivity contribution in [2.45, 2.75) is 32.7 Å². The second-order valence-electron chi connectivity index (χ2n) is 6.48. The second-order valence-corrected chi connectivity index (χ2v) is 7.59. The van der Waals surface area contributed by atoms with E-state index in [1.54, 1.807) is 6.92 Å². The third-order valence-electron chi connectivity index (χ3n) is 4.54. The highest BCUT2D eigenvalue weighted by Gasteiger charge is 2.33. The molecule has 2 N–H and O–H groups in total. The van der Waals surface area contributed by atoms with Gasteiger partial charge in [0, 0.05) is 19.3 Å². The molecule has 3 amide bonds. The fourth-order valence-electron chi connectivity index (χ4n) is 3.24. The van der Waals surface area contributed by atoms with Gasteiger partial charge in [-0.2, -0.15) is 0 Å². The van der Waals surface area contributed by atoms with E-state index >= 15 is 0 Å². The molecule has 0 spiro atoms. The van der Waals surface area contributed by atoms with Crippen molar-refractivity contribution in [3.8, 4) is 0 Å². The van der Waals surface area contributed by atoms with Crippen LogP contribution in [0, 0.1) is 0 Å². The molecule has 1 saturated heterocycles. The number of thiophene rings is 1. The zero-order chi connectivity index (χ0) is 18.8. The van der Waals surface area contributed by atoms with Crippen LogP contribution >= 0.6 is 11.3 Å². The Labute approximate surface area is 155 Å². The van der Waals surface area contributed by atoms with Crippen LogP contribution in [-0.2, 0) is 32.1 Å². The normalized spacial score (nSPS) is 19.5. The fourth-order valence-corrected chi connectivity index (χ4v) is 4.60. The van der Waals surface area contributed by atoms with Crippen LogP contribution in [0.1, 0.15) is 40.6 Å². The van der Waals surface area contributed by atoms with E-state index in [-0.39, 0.29) is 37.8 Å². The number of imide groups is 1. The van der Waals surface area contributed by atoms with Gasteiger partial charge in [0.1, 0.15) is 18.1 Å². The van der Waals surface area contributed by atoms with Gasteiger partial charge in [-0.1, -0.05) is 0 Å². The molecule has 0 aromatic carbocycles. The Kier molecular flexibility index (Phi) is 5.38. The molecule has 2 aliphatic rings. The third kappa shape index (κ3) is 3.63. The van der Waals surface area contributed by atoms with Crippen molar-refractivity contribution in [3.63, 3.8) is 0 Å². The van der Waals surface area contributed by atoms with Gasteiger partial charge in [-0.3, -0.25) is 19.3 Å². The van der Waals surface area contributed by atoms with Crippen LogP contribution in [0.2, 0.25) is 0 Å². The summed E-state index contributed by atoms with van der Waals surface area (Å²) in [5.74, 6) is -1.62. The average molecular weight is 380 g/mol. The second kappa shape index (κ2) is 7.55. The molecule has 2 aliphatic heterocycles. The van der Waals surface area contributed by atoms with Gasteiger partial charge in [0.15, 0.2) is 0 Å². The molecule has 1 atom stereocenters. The lowest BCUT2D eigenvalue weighted by molar-refractivity contribution is -0.895. The Balaban J connectivity index is 1.82. The third-order valence-corrected chi connectivity index (χ3v) is 5.69. The standard InChI is InChI=1S/C17H21N3O5S/c1-3-25-17(24)15-10-6-7-19(2)8-11(10)26-16(15)18-12(21)9-20-13(22)4-5-14(20)23/h3-9H2,1-2H3,(H,18,21)/p+1. The maximum Gasteiger partial charge on any atom is 0.341 e. The number of carbonyl (C=O) groups is 4. The van der Waals surface area contributed by atoms with E-state index in [1.165, 1.54) is 16.2 Å². The van der Waals surface area contributed by atoms with Crippen molar-refractivity contribution in [3.05, 3.63) is 16.0 Å². The summed E-state index contributed by atoms with van der Waals surface area (Å²) in [4.78, 5) is 51.5. The van der Waals surface area contributed by atoms with Gasteiger partial charge in [0.25, 0.3) is 0 Å². The van der Waals surface area contributed by atoms with Crippen LogP contribution in [0.25, 0.3) is 0 Å². The summed E-state index contributed by atoms with van der Waals surface area (Å²) >= 11 is 1.37. The Morgan fingerprint density at radius 2 is 1.92 bits per heavy atom. The number of amides is 3. The first-order chi connectivity index (χ1) is 12.4. The van der Waals surface area contributed by atoms with E-state index in [1.807, 2.05) is 0 Å². The van der Waals surface area contributed by atoms with Crippen molar-refractivity contribution in [1.82, 2.24) is 4.90 Å².